The van der Waals surface area contributed by atoms with Crippen molar-refractivity contribution in [2.75, 3.05) is 6.54 Å². The lowest BCUT2D eigenvalue weighted by Crippen LogP contribution is -2.32. The van der Waals surface area contributed by atoms with Crippen LogP contribution in [0, 0.1) is 5.92 Å². The Bertz CT molecular complexity index is 474. The number of thiophene rings is 1. The molecular weight excluding hydrogens is 226 g/mol. The van der Waals surface area contributed by atoms with Gasteiger partial charge in [0.1, 0.15) is 0 Å². The van der Waals surface area contributed by atoms with Crippen LogP contribution in [0.3, 0.4) is 0 Å². The molecule has 1 aromatic heterocycles. The summed E-state index contributed by atoms with van der Waals surface area (Å²) in [7, 11) is 0. The van der Waals surface area contributed by atoms with Gasteiger partial charge in [0.05, 0.1) is 0 Å². The molecule has 0 saturated carbocycles. The van der Waals surface area contributed by atoms with Crippen LogP contribution in [-0.2, 0) is 6.42 Å². The average molecular weight is 247 g/mol. The molecule has 0 aliphatic heterocycles. The maximum atomic E-state index is 3.51. The third-order valence-corrected chi connectivity index (χ3v) is 4.50. The standard InChI is InChI=1S/C15H21NS/c1-4-16-12(3)11(2)9-13-10-17-15-8-6-5-7-14(13)15/h5-8,10-12,16H,4,9H2,1-3H3. The van der Waals surface area contributed by atoms with Crippen LogP contribution in [0.1, 0.15) is 26.3 Å². The van der Waals surface area contributed by atoms with Crippen molar-refractivity contribution in [1.82, 2.24) is 5.32 Å². The zero-order chi connectivity index (χ0) is 12.3. The summed E-state index contributed by atoms with van der Waals surface area (Å²) in [4.78, 5) is 0. The molecule has 1 N–H and O–H groups in total. The average Bonchev–Trinajstić information content (AvgIpc) is 2.73. The van der Waals surface area contributed by atoms with Gasteiger partial charge >= 0.3 is 0 Å². The SMILES string of the molecule is CCNC(C)C(C)Cc1csc2ccccc12. The molecule has 0 aliphatic carbocycles. The summed E-state index contributed by atoms with van der Waals surface area (Å²) < 4.78 is 1.41. The zero-order valence-electron chi connectivity index (χ0n) is 10.9. The van der Waals surface area contributed by atoms with Crippen LogP contribution in [0.5, 0.6) is 0 Å². The first-order chi connectivity index (χ1) is 8.22. The summed E-state index contributed by atoms with van der Waals surface area (Å²) >= 11 is 1.86. The van der Waals surface area contributed by atoms with Gasteiger partial charge in [0, 0.05) is 10.7 Å². The maximum Gasteiger partial charge on any atom is 0.0345 e. The maximum absolute atomic E-state index is 3.51. The molecule has 2 aromatic rings. The molecule has 0 bridgehead atoms. The lowest BCUT2D eigenvalue weighted by atomic mass is 9.95. The molecule has 92 valence electrons. The van der Waals surface area contributed by atoms with Gasteiger partial charge in [-0.3, -0.25) is 0 Å². The van der Waals surface area contributed by atoms with E-state index in [4.69, 9.17) is 0 Å². The van der Waals surface area contributed by atoms with Crippen molar-refractivity contribution in [2.45, 2.75) is 33.2 Å². The van der Waals surface area contributed by atoms with Crippen LogP contribution in [0.15, 0.2) is 29.6 Å². The summed E-state index contributed by atoms with van der Waals surface area (Å²) in [6.07, 6.45) is 1.16. The van der Waals surface area contributed by atoms with Crippen LogP contribution in [0.4, 0.5) is 0 Å². The molecule has 2 heteroatoms. The Hall–Kier alpha value is -0.860. The van der Waals surface area contributed by atoms with Gasteiger partial charge in [0.2, 0.25) is 0 Å². The molecule has 1 aromatic carbocycles. The largest absolute Gasteiger partial charge is 0.314 e. The fourth-order valence-electron chi connectivity index (χ4n) is 2.24. The topological polar surface area (TPSA) is 12.0 Å². The lowest BCUT2D eigenvalue weighted by Gasteiger charge is -2.20. The second-order valence-corrected chi connectivity index (χ2v) is 5.70. The highest BCUT2D eigenvalue weighted by atomic mass is 32.1. The Labute approximate surface area is 108 Å². The van der Waals surface area contributed by atoms with Crippen molar-refractivity contribution in [1.29, 1.82) is 0 Å². The molecule has 2 rings (SSSR count). The fourth-order valence-corrected chi connectivity index (χ4v) is 3.21. The molecule has 0 spiro atoms. The van der Waals surface area contributed by atoms with Gasteiger partial charge in [-0.2, -0.15) is 0 Å². The first-order valence-corrected chi connectivity index (χ1v) is 7.28. The van der Waals surface area contributed by atoms with E-state index in [9.17, 15) is 0 Å². The highest BCUT2D eigenvalue weighted by molar-refractivity contribution is 7.17. The van der Waals surface area contributed by atoms with Crippen molar-refractivity contribution in [3.63, 3.8) is 0 Å². The van der Waals surface area contributed by atoms with Gasteiger partial charge in [-0.05, 0) is 48.2 Å². The molecule has 1 heterocycles. The summed E-state index contributed by atoms with van der Waals surface area (Å²) in [5.74, 6) is 0.674. The zero-order valence-corrected chi connectivity index (χ0v) is 11.7. The summed E-state index contributed by atoms with van der Waals surface area (Å²) in [6, 6.07) is 9.29. The normalized spacial score (nSPS) is 15.0. The van der Waals surface area contributed by atoms with Crippen LogP contribution in [0.2, 0.25) is 0 Å². The highest BCUT2D eigenvalue weighted by Gasteiger charge is 2.13. The van der Waals surface area contributed by atoms with Gasteiger partial charge < -0.3 is 5.32 Å². The lowest BCUT2D eigenvalue weighted by molar-refractivity contribution is 0.407. The van der Waals surface area contributed by atoms with E-state index in [-0.39, 0.29) is 0 Å². The van der Waals surface area contributed by atoms with Crippen LogP contribution in [-0.4, -0.2) is 12.6 Å². The Morgan fingerprint density at radius 1 is 1.24 bits per heavy atom. The number of fused-ring (bicyclic) bond motifs is 1. The quantitative estimate of drug-likeness (QED) is 0.839. The van der Waals surface area contributed by atoms with Crippen LogP contribution >= 0.6 is 11.3 Å². The smallest absolute Gasteiger partial charge is 0.0345 e. The van der Waals surface area contributed by atoms with E-state index in [0.717, 1.165) is 13.0 Å². The second-order valence-electron chi connectivity index (χ2n) is 4.78. The van der Waals surface area contributed by atoms with Crippen molar-refractivity contribution < 1.29 is 0 Å². The van der Waals surface area contributed by atoms with E-state index in [2.05, 4.69) is 55.7 Å². The fraction of sp³-hybridized carbons (Fsp3) is 0.467. The van der Waals surface area contributed by atoms with E-state index in [1.165, 1.54) is 15.6 Å². The molecule has 2 unspecified atom stereocenters. The molecule has 0 aliphatic rings. The first kappa shape index (κ1) is 12.6. The minimum atomic E-state index is 0.582. The Morgan fingerprint density at radius 2 is 2.00 bits per heavy atom. The van der Waals surface area contributed by atoms with Gasteiger partial charge in [-0.15, -0.1) is 11.3 Å². The number of hydrogen-bond acceptors (Lipinski definition) is 2. The van der Waals surface area contributed by atoms with E-state index < -0.39 is 0 Å². The molecular formula is C15H21NS. The van der Waals surface area contributed by atoms with E-state index in [1.807, 2.05) is 11.3 Å². The second kappa shape index (κ2) is 5.65. The predicted octanol–water partition coefficient (Wildman–Crippen LogP) is 4.08. The highest BCUT2D eigenvalue weighted by Crippen LogP contribution is 2.28. The summed E-state index contributed by atoms with van der Waals surface area (Å²) in [5, 5.41) is 7.27. The third kappa shape index (κ3) is 2.88. The number of benzene rings is 1. The van der Waals surface area contributed by atoms with Crippen LogP contribution in [0.25, 0.3) is 10.1 Å². The Balaban J connectivity index is 2.13. The molecule has 1 nitrogen and oxygen atoms in total. The van der Waals surface area contributed by atoms with Crippen LogP contribution < -0.4 is 5.32 Å². The van der Waals surface area contributed by atoms with Crippen molar-refractivity contribution in [3.8, 4) is 0 Å². The predicted molar refractivity (Wildman–Crippen MR) is 77.8 cm³/mol. The minimum Gasteiger partial charge on any atom is -0.314 e. The van der Waals surface area contributed by atoms with Crippen molar-refractivity contribution >= 4 is 21.4 Å². The van der Waals surface area contributed by atoms with E-state index in [0.29, 0.717) is 12.0 Å². The van der Waals surface area contributed by atoms with E-state index >= 15 is 0 Å². The van der Waals surface area contributed by atoms with E-state index in [1.54, 1.807) is 0 Å². The number of hydrogen-bond donors (Lipinski definition) is 1. The van der Waals surface area contributed by atoms with Gasteiger partial charge in [-0.1, -0.05) is 32.0 Å². The molecule has 17 heavy (non-hydrogen) atoms. The van der Waals surface area contributed by atoms with Gasteiger partial charge in [0.25, 0.3) is 0 Å². The molecule has 2 atom stereocenters. The minimum absolute atomic E-state index is 0.582. The molecule has 0 fully saturated rings. The molecule has 0 amide bonds. The van der Waals surface area contributed by atoms with Gasteiger partial charge in [0.15, 0.2) is 0 Å². The Morgan fingerprint density at radius 3 is 2.76 bits per heavy atom. The summed E-state index contributed by atoms with van der Waals surface area (Å²) in [5.41, 5.74) is 1.50. The third-order valence-electron chi connectivity index (χ3n) is 3.48. The summed E-state index contributed by atoms with van der Waals surface area (Å²) in [6.45, 7) is 7.83. The first-order valence-electron chi connectivity index (χ1n) is 6.41. The number of nitrogens with one attached hydrogen (secondary N) is 1. The van der Waals surface area contributed by atoms with Crippen molar-refractivity contribution in [2.24, 2.45) is 5.92 Å². The molecule has 0 saturated heterocycles. The van der Waals surface area contributed by atoms with Gasteiger partial charge in [-0.25, -0.2) is 0 Å². The monoisotopic (exact) mass is 247 g/mol. The Kier molecular flexibility index (Phi) is 4.19. The molecule has 0 radical (unpaired) electrons. The number of rotatable bonds is 5. The van der Waals surface area contributed by atoms with Crippen molar-refractivity contribution in [3.05, 3.63) is 35.2 Å².